The van der Waals surface area contributed by atoms with Gasteiger partial charge in [-0.1, -0.05) is 226 Å². The summed E-state index contributed by atoms with van der Waals surface area (Å²) in [5, 5.41) is 0. The van der Waals surface area contributed by atoms with E-state index in [0.717, 1.165) is 45.2 Å². The topological polar surface area (TPSA) is 347 Å². The molecule has 21 nitrogen and oxygen atoms in total. The minimum absolute atomic E-state index is 0.752. The quantitative estimate of drug-likeness (QED) is 0.0310. The van der Waals surface area contributed by atoms with E-state index in [4.69, 9.17) is 101 Å². The lowest BCUT2D eigenvalue weighted by atomic mass is 9.94. The van der Waals surface area contributed by atoms with Crippen molar-refractivity contribution >= 4 is 128 Å². The molecule has 0 saturated carbocycles. The van der Waals surface area contributed by atoms with Crippen molar-refractivity contribution in [3.8, 4) is 0 Å². The molecule has 0 amide bonds. The molecule has 0 fully saturated rings. The summed E-state index contributed by atoms with van der Waals surface area (Å²) >= 11 is 0. The van der Waals surface area contributed by atoms with Crippen LogP contribution in [0, 0.1) is 5.92 Å². The zero-order valence-corrected chi connectivity index (χ0v) is 54.2. The minimum Gasteiger partial charge on any atom is -0.379 e. The molecular weight excluding hydrogens is 1100 g/mol. The third kappa shape index (κ3) is 256. The summed E-state index contributed by atoms with van der Waals surface area (Å²) < 4.78 is 12.1. The van der Waals surface area contributed by atoms with Crippen molar-refractivity contribution in [1.82, 2.24) is 0 Å². The molecule has 0 aromatic carbocycles. The number of hydrogen-bond donors (Lipinski definition) is 0. The zero-order valence-electron chi connectivity index (χ0n) is 54.2. The number of aldehydes is 1. The number of carbonyl (C=O) groups is 18. The maximum Gasteiger partial charge on any atom is 0.281 e. The lowest BCUT2D eigenvalue weighted by Gasteiger charge is -2.17. The first-order valence-electron chi connectivity index (χ1n) is 28.2. The largest absolute Gasteiger partial charge is 0.379 e. The molecule has 0 rings (SSSR count). The van der Waals surface area contributed by atoms with E-state index in [1.165, 1.54) is 237 Å². The Hall–Kier alpha value is -6.35. The first kappa shape index (κ1) is 133. The third-order valence-electron chi connectivity index (χ3n) is 10.8. The van der Waals surface area contributed by atoms with E-state index in [9.17, 15) is 0 Å². The number of unbranched alkanes of at least 4 members (excludes halogenated alkanes) is 33. The fourth-order valence-corrected chi connectivity index (χ4v) is 7.36. The van der Waals surface area contributed by atoms with E-state index in [2.05, 4.69) is 13.8 Å². The molecule has 0 aliphatic carbocycles. The van der Waals surface area contributed by atoms with Crippen LogP contribution < -0.4 is 0 Å². The number of ether oxygens (including phenoxy) is 2. The van der Waals surface area contributed by atoms with Gasteiger partial charge in [0, 0.05) is 13.2 Å². The number of rotatable bonds is 45. The molecule has 510 valence electrons. The molecule has 85 heavy (non-hydrogen) atoms. The molecule has 0 spiro atoms. The van der Waals surface area contributed by atoms with Crippen LogP contribution in [0.5, 0.6) is 0 Å². The second kappa shape index (κ2) is 263. The maximum atomic E-state index is 8.70. The van der Waals surface area contributed by atoms with E-state index in [1.54, 1.807) is 0 Å². The molecule has 1 N–H and O–H groups in total. The summed E-state index contributed by atoms with van der Waals surface area (Å²) in [6.45, 7) is 44.0. The first-order chi connectivity index (χ1) is 42.3. The molecule has 0 aromatic heterocycles. The van der Waals surface area contributed by atoms with E-state index >= 15 is 0 Å². The van der Waals surface area contributed by atoms with Gasteiger partial charge in [0.05, 0.1) is 19.6 Å². The zero-order chi connectivity index (χ0) is 71.4. The second-order valence-electron chi connectivity index (χ2n) is 15.8. The van der Waals surface area contributed by atoms with Crippen LogP contribution in [0.1, 0.15) is 258 Å². The monoisotopic (exact) mass is 1230 g/mol. The van der Waals surface area contributed by atoms with Gasteiger partial charge in [0.15, 0.2) is 0 Å². The molecule has 0 heterocycles. The molecule has 21 heteroatoms. The minimum atomic E-state index is 0.752. The van der Waals surface area contributed by atoms with Crippen LogP contribution in [-0.4, -0.2) is 160 Å². The summed E-state index contributed by atoms with van der Waals surface area (Å²) in [5.41, 5.74) is 0. The average Bonchev–Trinajstić information content (AvgIpc) is 3.62. The van der Waals surface area contributed by atoms with Gasteiger partial charge in [-0.3, -0.25) is 4.79 Å². The van der Waals surface area contributed by atoms with Gasteiger partial charge in [0.25, 0.3) is 6.29 Å². The predicted octanol–water partition coefficient (Wildman–Crippen LogP) is 12.3. The molecule has 0 bridgehead atoms. The molecule has 0 aromatic rings. The van der Waals surface area contributed by atoms with Gasteiger partial charge in [-0.15, -0.1) is 0 Å². The average molecular weight is 1230 g/mol. The van der Waals surface area contributed by atoms with Crippen molar-refractivity contribution < 1.29 is 101 Å². The number of hydrogen-bond acceptors (Lipinski definition) is 20. The van der Waals surface area contributed by atoms with Crippen LogP contribution in [0.4, 0.5) is 0 Å². The van der Waals surface area contributed by atoms with Crippen LogP contribution in [0.15, 0.2) is 0 Å². The highest BCUT2D eigenvalue weighted by Gasteiger charge is 2.09. The lowest BCUT2D eigenvalue weighted by Crippen LogP contribution is -2.13. The highest BCUT2D eigenvalue weighted by atomic mass is 16.5. The second-order valence-corrected chi connectivity index (χ2v) is 15.8. The Balaban J connectivity index is -0.0000000602. The van der Waals surface area contributed by atoms with E-state index in [-0.39, 0.29) is 0 Å². The summed E-state index contributed by atoms with van der Waals surface area (Å²) in [4.78, 5) is 153. The van der Waals surface area contributed by atoms with Crippen molar-refractivity contribution in [2.75, 3.05) is 26.4 Å². The Labute approximate surface area is 517 Å². The van der Waals surface area contributed by atoms with E-state index in [0.29, 0.717) is 0 Å². The SMILES string of the molecule is C=O.C=O.C=O.C=O.C=O.C=O.C=O.C=O.C=O.C=O.C=O.C=O.C=O.C=O.C=O.C=O.C=O.C=O.CCCCCCCCCCCCC(CCCCCCCCCC)COCCOCCCCCCCCCCCCCCCCCCCC=[OH+]. The van der Waals surface area contributed by atoms with E-state index < -0.39 is 0 Å². The van der Waals surface area contributed by atoms with Crippen molar-refractivity contribution in [2.45, 2.75) is 258 Å². The van der Waals surface area contributed by atoms with Crippen molar-refractivity contribution in [2.24, 2.45) is 5.92 Å². The van der Waals surface area contributed by atoms with Gasteiger partial charge in [-0.2, -0.15) is 0 Å². The molecule has 0 radical (unpaired) electrons. The Morgan fingerprint density at radius 1 is 0.235 bits per heavy atom. The fraction of sp³-hybridized carbons (Fsp3) is 0.703. The smallest absolute Gasteiger partial charge is 0.281 e. The van der Waals surface area contributed by atoms with Crippen molar-refractivity contribution in [3.05, 3.63) is 0 Å². The molecule has 1 unspecified atom stereocenters. The molecule has 0 aliphatic heterocycles. The van der Waals surface area contributed by atoms with Crippen LogP contribution >= 0.6 is 0 Å². The summed E-state index contributed by atoms with van der Waals surface area (Å²) in [5.74, 6) is 0.752. The van der Waals surface area contributed by atoms with E-state index in [1.807, 2.05) is 122 Å². The summed E-state index contributed by atoms with van der Waals surface area (Å²) in [7, 11) is 0. The van der Waals surface area contributed by atoms with Gasteiger partial charge in [-0.25, -0.2) is 0 Å². The lowest BCUT2D eigenvalue weighted by molar-refractivity contribution is -0.0987. The molecular formula is C64H129O21+. The van der Waals surface area contributed by atoms with Crippen molar-refractivity contribution in [3.63, 3.8) is 0 Å². The summed E-state index contributed by atoms with van der Waals surface area (Å²) in [6.07, 6.45) is 53.8. The third-order valence-corrected chi connectivity index (χ3v) is 10.8. The Morgan fingerprint density at radius 2 is 0.412 bits per heavy atom. The van der Waals surface area contributed by atoms with Gasteiger partial charge >= 0.3 is 0 Å². The molecule has 1 atom stereocenters. The normalized spacial score (nSPS) is 7.88. The number of carbonyl (C=O) groups excluding carboxylic acids is 19. The van der Waals surface area contributed by atoms with Gasteiger partial charge < -0.3 is 95.8 Å². The predicted molar refractivity (Wildman–Crippen MR) is 348 cm³/mol. The van der Waals surface area contributed by atoms with Gasteiger partial charge in [-0.05, 0) is 31.6 Å². The Kier molecular flexibility index (Phi) is 412. The van der Waals surface area contributed by atoms with Crippen molar-refractivity contribution in [1.29, 1.82) is 0 Å². The van der Waals surface area contributed by atoms with Gasteiger partial charge in [0.1, 0.15) is 122 Å². The maximum absolute atomic E-state index is 8.70. The van der Waals surface area contributed by atoms with Crippen LogP contribution in [-0.2, 0) is 95.8 Å². The Bertz CT molecular complexity index is 819. The summed E-state index contributed by atoms with van der Waals surface area (Å²) in [6, 6.07) is 0. The van der Waals surface area contributed by atoms with Crippen LogP contribution in [0.3, 0.4) is 0 Å². The highest BCUT2D eigenvalue weighted by Crippen LogP contribution is 2.21. The molecule has 0 saturated heterocycles. The fourth-order valence-electron chi connectivity index (χ4n) is 7.36. The molecule has 0 aliphatic rings. The van der Waals surface area contributed by atoms with Crippen LogP contribution in [0.2, 0.25) is 0 Å². The van der Waals surface area contributed by atoms with Gasteiger partial charge in [0.2, 0.25) is 0 Å². The Morgan fingerprint density at radius 3 is 0.624 bits per heavy atom. The highest BCUT2D eigenvalue weighted by molar-refractivity contribution is 5.50. The standard InChI is InChI=1S/C46H92O3.18CH2O/c1-3-5-7-9-11-13-24-28-32-36-40-46(39-35-31-27-12-10-8-6-4-2)45-49-44-43-48-42-38-34-30-26-23-21-19-17-15-14-16-18-20-22-25-29-33-37-41-47;18*1-2/h41,46H,3-40,42-45H2,1-2H3;18*1H2/p+1. The van der Waals surface area contributed by atoms with Crippen LogP contribution in [0.25, 0.3) is 0 Å². The first-order valence-corrected chi connectivity index (χ1v) is 28.2.